The summed E-state index contributed by atoms with van der Waals surface area (Å²) in [6, 6.07) is 31.7. The van der Waals surface area contributed by atoms with Gasteiger partial charge >= 0.3 is 0 Å². The monoisotopic (exact) mass is 502 g/mol. The highest BCUT2D eigenvalue weighted by molar-refractivity contribution is 5.78. The van der Waals surface area contributed by atoms with E-state index < -0.39 is 16.5 Å². The van der Waals surface area contributed by atoms with Gasteiger partial charge < -0.3 is 0 Å². The average Bonchev–Trinajstić information content (AvgIpc) is 2.90. The van der Waals surface area contributed by atoms with E-state index in [0.717, 1.165) is 15.7 Å². The Bertz CT molecular complexity index is 1390. The van der Waals surface area contributed by atoms with Gasteiger partial charge in [-0.05, 0) is 98.7 Å². The molecule has 2 bridgehead atoms. The lowest BCUT2D eigenvalue weighted by Gasteiger charge is -2.51. The molecule has 192 valence electrons. The van der Waals surface area contributed by atoms with Crippen molar-refractivity contribution in [3.63, 3.8) is 0 Å². The number of hydroxylamine groups is 2. The third kappa shape index (κ3) is 3.37. The second-order valence-corrected chi connectivity index (χ2v) is 12.6. The van der Waals surface area contributed by atoms with Gasteiger partial charge in [0.1, 0.15) is 0 Å². The molecule has 0 aromatic heterocycles. The van der Waals surface area contributed by atoms with Gasteiger partial charge in [0.15, 0.2) is 0 Å². The first-order valence-electron chi connectivity index (χ1n) is 13.3. The Kier molecular flexibility index (Phi) is 5.33. The summed E-state index contributed by atoms with van der Waals surface area (Å²) in [6.07, 6.45) is 0. The first-order chi connectivity index (χ1) is 18.0. The van der Waals surface area contributed by atoms with Gasteiger partial charge in [-0.1, -0.05) is 83.2 Å². The number of hydrogen-bond donors (Lipinski definition) is 0. The molecule has 0 aliphatic heterocycles. The molecule has 38 heavy (non-hydrogen) atoms. The maximum Gasteiger partial charge on any atom is 0.0712 e. The Labute approximate surface area is 225 Å². The molecule has 3 aliphatic rings. The molecule has 3 aliphatic carbocycles. The zero-order valence-electron chi connectivity index (χ0n) is 22.9. The van der Waals surface area contributed by atoms with Crippen LogP contribution in [0, 0.1) is 0 Å². The van der Waals surface area contributed by atoms with E-state index >= 15 is 0 Å². The van der Waals surface area contributed by atoms with Gasteiger partial charge in [-0.25, -0.2) is 10.1 Å². The smallest absolute Gasteiger partial charge is 0.0712 e. The number of hydrogen-bond acceptors (Lipinski definition) is 2. The van der Waals surface area contributed by atoms with Crippen molar-refractivity contribution in [3.8, 4) is 0 Å². The maximum atomic E-state index is 13.7. The highest BCUT2D eigenvalue weighted by Gasteiger charge is 2.52. The minimum atomic E-state index is -0.666. The van der Waals surface area contributed by atoms with Crippen LogP contribution in [0.5, 0.6) is 0 Å². The Morgan fingerprint density at radius 1 is 0.553 bits per heavy atom. The fraction of sp³-hybridized carbons (Fsp3) is 0.294. The second-order valence-electron chi connectivity index (χ2n) is 12.6. The minimum Gasteiger partial charge on any atom is -0.215 e. The zero-order valence-corrected chi connectivity index (χ0v) is 22.9. The first-order valence-corrected chi connectivity index (χ1v) is 13.3. The highest BCUT2D eigenvalue weighted by Crippen LogP contribution is 2.62. The second kappa shape index (κ2) is 8.20. The molecular formula is C34H34N2O2. The van der Waals surface area contributed by atoms with E-state index in [4.69, 9.17) is 0 Å². The number of benzene rings is 4. The molecule has 0 fully saturated rings. The number of nitrogens with zero attached hydrogens (tertiary/aromatic N) is 2. The molecule has 4 heteroatoms. The van der Waals surface area contributed by atoms with Gasteiger partial charge in [-0.15, -0.1) is 0 Å². The summed E-state index contributed by atoms with van der Waals surface area (Å²) in [4.78, 5) is 0. The molecule has 0 amide bonds. The molecule has 0 saturated carbocycles. The predicted octanol–water partition coefficient (Wildman–Crippen LogP) is 7.78. The van der Waals surface area contributed by atoms with Crippen LogP contribution in [-0.2, 0) is 15.8 Å². The Hall–Kier alpha value is -3.60. The molecule has 0 spiro atoms. The molecular weight excluding hydrogens is 468 g/mol. The molecule has 0 saturated heterocycles. The van der Waals surface area contributed by atoms with E-state index in [1.165, 1.54) is 33.4 Å². The van der Waals surface area contributed by atoms with Crippen LogP contribution in [0.25, 0.3) is 0 Å². The molecule has 0 N–H and O–H groups in total. The normalized spacial score (nSPS) is 19.4. The van der Waals surface area contributed by atoms with Gasteiger partial charge in [0, 0.05) is 5.92 Å². The van der Waals surface area contributed by atoms with Crippen LogP contribution < -0.4 is 10.1 Å². The van der Waals surface area contributed by atoms with Crippen LogP contribution >= 0.6 is 0 Å². The fourth-order valence-corrected chi connectivity index (χ4v) is 6.50. The topological polar surface area (TPSA) is 46.3 Å². The van der Waals surface area contributed by atoms with E-state index in [1.807, 2.05) is 53.7 Å². The lowest BCUT2D eigenvalue weighted by molar-refractivity contribution is 0.0983. The molecule has 7 rings (SSSR count). The van der Waals surface area contributed by atoms with Crippen molar-refractivity contribution < 1.29 is 10.4 Å². The Balaban J connectivity index is 1.76. The summed E-state index contributed by atoms with van der Waals surface area (Å²) in [5.41, 5.74) is 7.41. The Morgan fingerprint density at radius 3 is 1.24 bits per heavy atom. The van der Waals surface area contributed by atoms with E-state index in [0.29, 0.717) is 11.4 Å². The van der Waals surface area contributed by atoms with E-state index in [1.54, 1.807) is 6.07 Å². The van der Waals surface area contributed by atoms with Crippen molar-refractivity contribution in [1.29, 1.82) is 0 Å². The van der Waals surface area contributed by atoms with Crippen LogP contribution in [-0.4, -0.2) is 11.1 Å². The minimum absolute atomic E-state index is 0.152. The fourth-order valence-electron chi connectivity index (χ4n) is 6.50. The SMILES string of the molecule is CC(C)(C)N([O])c1cc(N([O])C(C)(C)C)cc(C23c4ccccc4C(c4ccccc42)c2ccccc23)c1. The molecule has 4 aromatic rings. The van der Waals surface area contributed by atoms with Gasteiger partial charge in [-0.2, -0.15) is 0 Å². The van der Waals surface area contributed by atoms with Crippen LogP contribution in [0.1, 0.15) is 86.4 Å². The van der Waals surface area contributed by atoms with Gasteiger partial charge in [-0.3, -0.25) is 0 Å². The number of rotatable bonds is 3. The molecule has 0 unspecified atom stereocenters. The summed E-state index contributed by atoms with van der Waals surface area (Å²) in [5, 5.41) is 29.4. The third-order valence-electron chi connectivity index (χ3n) is 8.05. The van der Waals surface area contributed by atoms with Crippen molar-refractivity contribution in [3.05, 3.63) is 130 Å². The van der Waals surface area contributed by atoms with E-state index in [9.17, 15) is 10.4 Å². The summed E-state index contributed by atoms with van der Waals surface area (Å²) < 4.78 is 0. The third-order valence-corrected chi connectivity index (χ3v) is 8.05. The van der Waals surface area contributed by atoms with Crippen molar-refractivity contribution in [1.82, 2.24) is 0 Å². The summed E-state index contributed by atoms with van der Waals surface area (Å²) in [5.74, 6) is 0.152. The van der Waals surface area contributed by atoms with E-state index in [-0.39, 0.29) is 5.92 Å². The molecule has 2 radical (unpaired) electrons. The molecule has 0 heterocycles. The lowest BCUT2D eigenvalue weighted by atomic mass is 9.51. The summed E-state index contributed by atoms with van der Waals surface area (Å²) >= 11 is 0. The zero-order chi connectivity index (χ0) is 27.0. The molecule has 0 atom stereocenters. The Morgan fingerprint density at radius 2 is 0.895 bits per heavy atom. The molecule has 4 nitrogen and oxygen atoms in total. The van der Waals surface area contributed by atoms with Crippen LogP contribution in [0.4, 0.5) is 11.4 Å². The van der Waals surface area contributed by atoms with Crippen molar-refractivity contribution in [2.75, 3.05) is 10.1 Å². The molecule has 4 aromatic carbocycles. The lowest BCUT2D eigenvalue weighted by Crippen LogP contribution is -2.44. The first kappa shape index (κ1) is 24.7. The van der Waals surface area contributed by atoms with Crippen LogP contribution in [0.15, 0.2) is 91.0 Å². The quantitative estimate of drug-likeness (QED) is 0.232. The van der Waals surface area contributed by atoms with Gasteiger partial charge in [0.2, 0.25) is 0 Å². The predicted molar refractivity (Wildman–Crippen MR) is 152 cm³/mol. The summed E-state index contributed by atoms with van der Waals surface area (Å²) in [7, 11) is 0. The highest BCUT2D eigenvalue weighted by atomic mass is 16.5. The van der Waals surface area contributed by atoms with Crippen LogP contribution in [0.2, 0.25) is 0 Å². The van der Waals surface area contributed by atoms with Crippen molar-refractivity contribution >= 4 is 11.4 Å². The average molecular weight is 503 g/mol. The van der Waals surface area contributed by atoms with Crippen molar-refractivity contribution in [2.45, 2.75) is 64.0 Å². The largest absolute Gasteiger partial charge is 0.215 e. The maximum absolute atomic E-state index is 13.7. The van der Waals surface area contributed by atoms with Crippen molar-refractivity contribution in [2.24, 2.45) is 0 Å². The standard InChI is InChI=1S/C34H34N2O2/c1-32(2,3)35(37)23-19-22(20-24(21-23)36(38)33(4,5)6)34-28-16-10-7-13-25(28)31(26-14-8-11-17-29(26)34)27-15-9-12-18-30(27)34/h7-21,31H,1-6H3. The van der Waals surface area contributed by atoms with E-state index in [2.05, 4.69) is 72.8 Å². The summed E-state index contributed by atoms with van der Waals surface area (Å²) in [6.45, 7) is 11.4. The van der Waals surface area contributed by atoms with Crippen LogP contribution in [0.3, 0.4) is 0 Å². The van der Waals surface area contributed by atoms with Gasteiger partial charge in [0.25, 0.3) is 0 Å². The van der Waals surface area contributed by atoms with Gasteiger partial charge in [0.05, 0.1) is 27.9 Å². The number of anilines is 2.